The second-order valence-corrected chi connectivity index (χ2v) is 6.20. The van der Waals surface area contributed by atoms with Crippen LogP contribution >= 0.6 is 0 Å². The molecule has 18 heavy (non-hydrogen) atoms. The van der Waals surface area contributed by atoms with Gasteiger partial charge in [-0.1, -0.05) is 13.8 Å². The fraction of sp³-hybridized carbons (Fsp3) is 0.733. The maximum absolute atomic E-state index is 10.2. The molecule has 3 heteroatoms. The number of rotatable bonds is 4. The first kappa shape index (κ1) is 13.6. The van der Waals surface area contributed by atoms with Crippen LogP contribution < -0.4 is 0 Å². The Morgan fingerprint density at radius 1 is 1.56 bits per heavy atom. The van der Waals surface area contributed by atoms with Crippen molar-refractivity contribution in [2.75, 3.05) is 6.61 Å². The number of hydrogen-bond donors (Lipinski definition) is 1. The standard InChI is InChI=1S/C15H25NO2/c1-5-18-11(2)10-16-7-6-12-13(16)8-15(3,4)9-14(12)17/h6-7,11,14,17H,5,8-10H2,1-4H3. The van der Waals surface area contributed by atoms with Crippen molar-refractivity contribution in [3.8, 4) is 0 Å². The van der Waals surface area contributed by atoms with Gasteiger partial charge in [0.2, 0.25) is 0 Å². The Kier molecular flexibility index (Phi) is 3.83. The highest BCUT2D eigenvalue weighted by Gasteiger charge is 2.33. The molecule has 0 amide bonds. The lowest BCUT2D eigenvalue weighted by Gasteiger charge is -2.34. The Balaban J connectivity index is 2.20. The van der Waals surface area contributed by atoms with Crippen LogP contribution in [-0.2, 0) is 17.7 Å². The molecule has 0 fully saturated rings. The number of hydrogen-bond acceptors (Lipinski definition) is 2. The molecule has 0 saturated heterocycles. The van der Waals surface area contributed by atoms with Crippen LogP contribution in [0.25, 0.3) is 0 Å². The van der Waals surface area contributed by atoms with Crippen LogP contribution in [-0.4, -0.2) is 22.4 Å². The van der Waals surface area contributed by atoms with E-state index in [-0.39, 0.29) is 17.6 Å². The maximum Gasteiger partial charge on any atom is 0.0812 e. The van der Waals surface area contributed by atoms with E-state index in [0.29, 0.717) is 0 Å². The van der Waals surface area contributed by atoms with Crippen molar-refractivity contribution in [2.24, 2.45) is 5.41 Å². The van der Waals surface area contributed by atoms with Crippen LogP contribution in [0.5, 0.6) is 0 Å². The molecule has 0 aliphatic heterocycles. The summed E-state index contributed by atoms with van der Waals surface area (Å²) in [5.41, 5.74) is 2.57. The minimum Gasteiger partial charge on any atom is -0.388 e. The van der Waals surface area contributed by atoms with Crippen LogP contribution in [0.2, 0.25) is 0 Å². The maximum atomic E-state index is 10.2. The summed E-state index contributed by atoms with van der Waals surface area (Å²) in [4.78, 5) is 0. The summed E-state index contributed by atoms with van der Waals surface area (Å²) in [5.74, 6) is 0. The van der Waals surface area contributed by atoms with Crippen LogP contribution in [0.15, 0.2) is 12.3 Å². The van der Waals surface area contributed by atoms with Gasteiger partial charge in [-0.05, 0) is 38.2 Å². The second-order valence-electron chi connectivity index (χ2n) is 6.20. The average molecular weight is 251 g/mol. The van der Waals surface area contributed by atoms with Crippen molar-refractivity contribution in [3.63, 3.8) is 0 Å². The molecule has 1 N–H and O–H groups in total. The quantitative estimate of drug-likeness (QED) is 0.893. The third-order valence-corrected chi connectivity index (χ3v) is 3.77. The Hall–Kier alpha value is -0.800. The topological polar surface area (TPSA) is 34.4 Å². The lowest BCUT2D eigenvalue weighted by Crippen LogP contribution is -2.28. The van der Waals surface area contributed by atoms with E-state index in [0.717, 1.165) is 31.6 Å². The summed E-state index contributed by atoms with van der Waals surface area (Å²) < 4.78 is 7.85. The Bertz CT molecular complexity index is 409. The molecule has 1 heterocycles. The molecule has 2 unspecified atom stereocenters. The third kappa shape index (κ3) is 2.78. The highest BCUT2D eigenvalue weighted by molar-refractivity contribution is 5.29. The van der Waals surface area contributed by atoms with Gasteiger partial charge in [0.05, 0.1) is 12.2 Å². The number of ether oxygens (including phenoxy) is 1. The highest BCUT2D eigenvalue weighted by atomic mass is 16.5. The van der Waals surface area contributed by atoms with Gasteiger partial charge in [0.1, 0.15) is 0 Å². The molecule has 0 bridgehead atoms. The molecule has 102 valence electrons. The molecule has 3 nitrogen and oxygen atoms in total. The van der Waals surface area contributed by atoms with E-state index in [9.17, 15) is 5.11 Å². The van der Waals surface area contributed by atoms with Crippen molar-refractivity contribution < 1.29 is 9.84 Å². The minimum absolute atomic E-state index is 0.178. The van der Waals surface area contributed by atoms with Crippen molar-refractivity contribution in [2.45, 2.75) is 59.3 Å². The van der Waals surface area contributed by atoms with Gasteiger partial charge in [-0.15, -0.1) is 0 Å². The fourth-order valence-electron chi connectivity index (χ4n) is 2.97. The molecular weight excluding hydrogens is 226 g/mol. The number of aliphatic hydroxyl groups excluding tert-OH is 1. The molecule has 2 atom stereocenters. The van der Waals surface area contributed by atoms with Crippen LogP contribution in [0.4, 0.5) is 0 Å². The first-order chi connectivity index (χ1) is 8.43. The van der Waals surface area contributed by atoms with Gasteiger partial charge in [0, 0.05) is 30.6 Å². The smallest absolute Gasteiger partial charge is 0.0812 e. The molecule has 0 aromatic carbocycles. The molecule has 0 saturated carbocycles. The summed E-state index contributed by atoms with van der Waals surface area (Å²) in [5, 5.41) is 10.2. The minimum atomic E-state index is -0.313. The molecule has 0 spiro atoms. The van der Waals surface area contributed by atoms with E-state index in [1.54, 1.807) is 0 Å². The van der Waals surface area contributed by atoms with Crippen molar-refractivity contribution >= 4 is 0 Å². The SMILES string of the molecule is CCOC(C)Cn1ccc2c1CC(C)(C)CC2O. The lowest BCUT2D eigenvalue weighted by molar-refractivity contribution is 0.0610. The first-order valence-electron chi connectivity index (χ1n) is 6.90. The van der Waals surface area contributed by atoms with Gasteiger partial charge in [-0.2, -0.15) is 0 Å². The van der Waals surface area contributed by atoms with Crippen LogP contribution in [0, 0.1) is 5.41 Å². The van der Waals surface area contributed by atoms with E-state index >= 15 is 0 Å². The number of fused-ring (bicyclic) bond motifs is 1. The van der Waals surface area contributed by atoms with Crippen LogP contribution in [0.1, 0.15) is 51.5 Å². The zero-order valence-corrected chi connectivity index (χ0v) is 11.9. The Morgan fingerprint density at radius 3 is 2.94 bits per heavy atom. The second kappa shape index (κ2) is 5.06. The van der Waals surface area contributed by atoms with Gasteiger partial charge < -0.3 is 14.4 Å². The number of nitrogens with zero attached hydrogens (tertiary/aromatic N) is 1. The van der Waals surface area contributed by atoms with Gasteiger partial charge in [-0.25, -0.2) is 0 Å². The number of aliphatic hydroxyl groups is 1. The van der Waals surface area contributed by atoms with Gasteiger partial charge >= 0.3 is 0 Å². The Labute approximate surface area is 110 Å². The van der Waals surface area contributed by atoms with Crippen molar-refractivity contribution in [3.05, 3.63) is 23.5 Å². The lowest BCUT2D eigenvalue weighted by atomic mass is 9.75. The molecule has 1 aromatic heterocycles. The molecule has 1 aromatic rings. The molecule has 1 aliphatic carbocycles. The summed E-state index contributed by atoms with van der Waals surface area (Å²) in [6.45, 7) is 10.2. The summed E-state index contributed by atoms with van der Waals surface area (Å²) in [6, 6.07) is 2.06. The largest absolute Gasteiger partial charge is 0.388 e. The van der Waals surface area contributed by atoms with E-state index in [2.05, 4.69) is 37.6 Å². The fourth-order valence-corrected chi connectivity index (χ4v) is 2.97. The zero-order valence-electron chi connectivity index (χ0n) is 11.9. The van der Waals surface area contributed by atoms with Gasteiger partial charge in [0.25, 0.3) is 0 Å². The van der Waals surface area contributed by atoms with Crippen LogP contribution in [0.3, 0.4) is 0 Å². The van der Waals surface area contributed by atoms with E-state index < -0.39 is 0 Å². The monoisotopic (exact) mass is 251 g/mol. The van der Waals surface area contributed by atoms with Gasteiger partial charge in [0.15, 0.2) is 0 Å². The normalized spacial score (nSPS) is 23.7. The first-order valence-corrected chi connectivity index (χ1v) is 6.90. The molecule has 1 aliphatic rings. The van der Waals surface area contributed by atoms with Crippen molar-refractivity contribution in [1.29, 1.82) is 0 Å². The summed E-state index contributed by atoms with van der Waals surface area (Å²) >= 11 is 0. The summed E-state index contributed by atoms with van der Waals surface area (Å²) in [7, 11) is 0. The zero-order chi connectivity index (χ0) is 13.3. The number of aromatic nitrogens is 1. The van der Waals surface area contributed by atoms with E-state index in [1.807, 2.05) is 6.92 Å². The van der Waals surface area contributed by atoms with E-state index in [4.69, 9.17) is 4.74 Å². The van der Waals surface area contributed by atoms with Gasteiger partial charge in [-0.3, -0.25) is 0 Å². The molecular formula is C15H25NO2. The van der Waals surface area contributed by atoms with E-state index in [1.165, 1.54) is 5.69 Å². The molecule has 0 radical (unpaired) electrons. The Morgan fingerprint density at radius 2 is 2.28 bits per heavy atom. The highest BCUT2D eigenvalue weighted by Crippen LogP contribution is 2.41. The predicted molar refractivity (Wildman–Crippen MR) is 72.6 cm³/mol. The third-order valence-electron chi connectivity index (χ3n) is 3.77. The molecule has 2 rings (SSSR count). The summed E-state index contributed by atoms with van der Waals surface area (Å²) in [6.07, 6.45) is 3.88. The van der Waals surface area contributed by atoms with Crippen molar-refractivity contribution in [1.82, 2.24) is 4.57 Å². The predicted octanol–water partition coefficient (Wildman–Crippen LogP) is 2.92. The average Bonchev–Trinajstić information content (AvgIpc) is 2.60.